The Morgan fingerprint density at radius 3 is 2.44 bits per heavy atom. The Hall–Kier alpha value is -4.07. The Bertz CT molecular complexity index is 1240. The number of H-pyrrole nitrogens is 1. The van der Waals surface area contributed by atoms with Crippen molar-refractivity contribution < 1.29 is 4.92 Å². The van der Waals surface area contributed by atoms with Crippen LogP contribution in [-0.4, -0.2) is 19.9 Å². The molecule has 3 N–H and O–H groups in total. The van der Waals surface area contributed by atoms with Gasteiger partial charge < -0.3 is 5.73 Å². The van der Waals surface area contributed by atoms with Crippen LogP contribution in [0.2, 0.25) is 0 Å². The third kappa shape index (κ3) is 2.99. The van der Waals surface area contributed by atoms with E-state index in [1.807, 2.05) is 30.3 Å². The fourth-order valence-electron chi connectivity index (χ4n) is 2.93. The van der Waals surface area contributed by atoms with Gasteiger partial charge >= 0.3 is 0 Å². The van der Waals surface area contributed by atoms with E-state index in [9.17, 15) is 14.9 Å². The number of nitrogen functional groups attached to an aromatic ring is 1. The second kappa shape index (κ2) is 6.34. The average molecular weight is 359 g/mol. The van der Waals surface area contributed by atoms with Crippen LogP contribution in [0, 0.1) is 10.1 Å². The Kier molecular flexibility index (Phi) is 3.85. The molecule has 0 bridgehead atoms. The van der Waals surface area contributed by atoms with Gasteiger partial charge in [0.1, 0.15) is 0 Å². The van der Waals surface area contributed by atoms with E-state index < -0.39 is 10.5 Å². The summed E-state index contributed by atoms with van der Waals surface area (Å²) < 4.78 is 0. The summed E-state index contributed by atoms with van der Waals surface area (Å²) in [7, 11) is 0. The molecule has 0 saturated heterocycles. The SMILES string of the molecule is Nc1nc2nc(-c3ccccc3)cc(-c3cccc([N+](=O)[O-])c3)c2c(=O)[nH]1. The van der Waals surface area contributed by atoms with Gasteiger partial charge in [-0.3, -0.25) is 19.9 Å². The van der Waals surface area contributed by atoms with E-state index in [2.05, 4.69) is 15.0 Å². The van der Waals surface area contributed by atoms with Crippen molar-refractivity contribution in [2.75, 3.05) is 5.73 Å². The van der Waals surface area contributed by atoms with Crippen LogP contribution in [0.5, 0.6) is 0 Å². The minimum Gasteiger partial charge on any atom is -0.369 e. The number of hydrogen-bond donors (Lipinski definition) is 2. The highest BCUT2D eigenvalue weighted by Crippen LogP contribution is 2.31. The van der Waals surface area contributed by atoms with Crippen molar-refractivity contribution in [2.24, 2.45) is 0 Å². The van der Waals surface area contributed by atoms with Crippen molar-refractivity contribution in [3.05, 3.63) is 81.1 Å². The zero-order chi connectivity index (χ0) is 19.0. The number of aromatic nitrogens is 3. The van der Waals surface area contributed by atoms with E-state index in [1.165, 1.54) is 12.1 Å². The number of hydrogen-bond acceptors (Lipinski definition) is 6. The molecule has 0 atom stereocenters. The molecule has 2 aromatic heterocycles. The van der Waals surface area contributed by atoms with Gasteiger partial charge in [-0.15, -0.1) is 0 Å². The normalized spacial score (nSPS) is 10.8. The van der Waals surface area contributed by atoms with Crippen molar-refractivity contribution in [3.63, 3.8) is 0 Å². The lowest BCUT2D eigenvalue weighted by atomic mass is 10.00. The number of pyridine rings is 1. The molecule has 0 aliphatic rings. The lowest BCUT2D eigenvalue weighted by Crippen LogP contribution is -2.13. The lowest BCUT2D eigenvalue weighted by Gasteiger charge is -2.09. The first-order valence-corrected chi connectivity index (χ1v) is 8.04. The van der Waals surface area contributed by atoms with Crippen LogP contribution in [0.25, 0.3) is 33.4 Å². The summed E-state index contributed by atoms with van der Waals surface area (Å²) in [5, 5.41) is 11.4. The summed E-state index contributed by atoms with van der Waals surface area (Å²) >= 11 is 0. The second-order valence-corrected chi connectivity index (χ2v) is 5.88. The summed E-state index contributed by atoms with van der Waals surface area (Å²) in [4.78, 5) is 34.2. The van der Waals surface area contributed by atoms with Gasteiger partial charge in [-0.1, -0.05) is 42.5 Å². The summed E-state index contributed by atoms with van der Waals surface area (Å²) in [5.74, 6) is -0.0461. The first kappa shape index (κ1) is 16.4. The summed E-state index contributed by atoms with van der Waals surface area (Å²) in [6, 6.07) is 17.2. The summed E-state index contributed by atoms with van der Waals surface area (Å²) in [6.45, 7) is 0. The van der Waals surface area contributed by atoms with Crippen molar-refractivity contribution in [2.45, 2.75) is 0 Å². The van der Waals surface area contributed by atoms with Gasteiger partial charge in [0.15, 0.2) is 5.65 Å². The van der Waals surface area contributed by atoms with Gasteiger partial charge in [0.05, 0.1) is 16.0 Å². The molecule has 0 aliphatic carbocycles. The quantitative estimate of drug-likeness (QED) is 0.427. The van der Waals surface area contributed by atoms with Crippen LogP contribution in [0.1, 0.15) is 0 Å². The lowest BCUT2D eigenvalue weighted by molar-refractivity contribution is -0.384. The first-order chi connectivity index (χ1) is 13.0. The van der Waals surface area contributed by atoms with Crippen LogP contribution in [0.15, 0.2) is 65.5 Å². The molecule has 0 amide bonds. The molecular weight excluding hydrogens is 346 g/mol. The maximum Gasteiger partial charge on any atom is 0.270 e. The molecule has 0 saturated carbocycles. The monoisotopic (exact) mass is 359 g/mol. The van der Waals surface area contributed by atoms with Gasteiger partial charge in [0.25, 0.3) is 11.2 Å². The van der Waals surface area contributed by atoms with Crippen LogP contribution in [0.3, 0.4) is 0 Å². The number of non-ortho nitro benzene ring substituents is 1. The topological polar surface area (TPSA) is 128 Å². The fourth-order valence-corrected chi connectivity index (χ4v) is 2.93. The standard InChI is InChI=1S/C19H13N5O3/c20-19-22-17-16(18(25)23-19)14(12-7-4-8-13(9-12)24(26)27)10-15(21-17)11-5-2-1-3-6-11/h1-10H,(H3,20,21,22,23,25). The number of nitrogens with zero attached hydrogens (tertiary/aromatic N) is 3. The number of nitro benzene ring substituents is 1. The van der Waals surface area contributed by atoms with E-state index in [0.29, 0.717) is 16.8 Å². The minimum atomic E-state index is -0.481. The third-order valence-corrected chi connectivity index (χ3v) is 4.13. The highest BCUT2D eigenvalue weighted by Gasteiger charge is 2.16. The summed E-state index contributed by atoms with van der Waals surface area (Å²) in [6.07, 6.45) is 0. The molecule has 4 rings (SSSR count). The van der Waals surface area contributed by atoms with E-state index in [0.717, 1.165) is 5.56 Å². The molecule has 132 valence electrons. The van der Waals surface area contributed by atoms with Crippen molar-refractivity contribution in [1.29, 1.82) is 0 Å². The zero-order valence-electron chi connectivity index (χ0n) is 13.9. The van der Waals surface area contributed by atoms with Crippen LogP contribution >= 0.6 is 0 Å². The van der Waals surface area contributed by atoms with Gasteiger partial charge in [-0.2, -0.15) is 4.98 Å². The van der Waals surface area contributed by atoms with Crippen molar-refractivity contribution in [1.82, 2.24) is 15.0 Å². The number of fused-ring (bicyclic) bond motifs is 1. The molecule has 0 spiro atoms. The Morgan fingerprint density at radius 2 is 1.70 bits per heavy atom. The molecule has 4 aromatic rings. The largest absolute Gasteiger partial charge is 0.369 e. The minimum absolute atomic E-state index is 0.0461. The smallest absolute Gasteiger partial charge is 0.270 e. The van der Waals surface area contributed by atoms with Crippen LogP contribution in [-0.2, 0) is 0 Å². The molecule has 8 nitrogen and oxygen atoms in total. The highest BCUT2D eigenvalue weighted by atomic mass is 16.6. The number of nitro groups is 1. The summed E-state index contributed by atoms with van der Waals surface area (Å²) in [5.41, 5.74) is 7.75. The van der Waals surface area contributed by atoms with E-state index in [1.54, 1.807) is 18.2 Å². The fraction of sp³-hybridized carbons (Fsp3) is 0. The molecule has 0 radical (unpaired) electrons. The van der Waals surface area contributed by atoms with Gasteiger partial charge in [-0.05, 0) is 11.6 Å². The third-order valence-electron chi connectivity index (χ3n) is 4.13. The Labute approximate surface area is 152 Å². The molecule has 0 fully saturated rings. The average Bonchev–Trinajstić information content (AvgIpc) is 2.67. The number of aromatic amines is 1. The van der Waals surface area contributed by atoms with Crippen LogP contribution < -0.4 is 11.3 Å². The van der Waals surface area contributed by atoms with E-state index in [4.69, 9.17) is 5.73 Å². The van der Waals surface area contributed by atoms with E-state index >= 15 is 0 Å². The number of benzene rings is 2. The molecule has 0 aliphatic heterocycles. The van der Waals surface area contributed by atoms with E-state index in [-0.39, 0.29) is 22.7 Å². The predicted molar refractivity (Wildman–Crippen MR) is 102 cm³/mol. The number of nitrogens with two attached hydrogens (primary N) is 1. The van der Waals surface area contributed by atoms with Gasteiger partial charge in [0.2, 0.25) is 5.95 Å². The van der Waals surface area contributed by atoms with Crippen molar-refractivity contribution in [3.8, 4) is 22.4 Å². The van der Waals surface area contributed by atoms with Crippen molar-refractivity contribution >= 4 is 22.7 Å². The number of nitrogens with one attached hydrogen (secondary N) is 1. The first-order valence-electron chi connectivity index (χ1n) is 8.04. The highest BCUT2D eigenvalue weighted by molar-refractivity contribution is 5.95. The van der Waals surface area contributed by atoms with Crippen LogP contribution in [0.4, 0.5) is 11.6 Å². The molecule has 2 heterocycles. The predicted octanol–water partition coefficient (Wildman–Crippen LogP) is 3.14. The Morgan fingerprint density at radius 1 is 0.963 bits per heavy atom. The maximum atomic E-state index is 12.5. The second-order valence-electron chi connectivity index (χ2n) is 5.88. The molecule has 2 aromatic carbocycles. The molecule has 0 unspecified atom stereocenters. The number of rotatable bonds is 3. The van der Waals surface area contributed by atoms with Gasteiger partial charge in [0, 0.05) is 23.3 Å². The molecule has 8 heteroatoms. The maximum absolute atomic E-state index is 12.5. The zero-order valence-corrected chi connectivity index (χ0v) is 13.9. The van der Waals surface area contributed by atoms with Gasteiger partial charge in [-0.25, -0.2) is 4.98 Å². The molecular formula is C19H13N5O3. The number of anilines is 1. The molecule has 27 heavy (non-hydrogen) atoms. The Balaban J connectivity index is 2.07.